The normalized spacial score (nSPS) is 18.3. The summed E-state index contributed by atoms with van der Waals surface area (Å²) in [4.78, 5) is 26.6. The molecule has 1 saturated heterocycles. The summed E-state index contributed by atoms with van der Waals surface area (Å²) in [5.41, 5.74) is 2.51. The van der Waals surface area contributed by atoms with Crippen molar-refractivity contribution < 1.29 is 19.1 Å². The van der Waals surface area contributed by atoms with Gasteiger partial charge >= 0.3 is 0 Å². The van der Waals surface area contributed by atoms with Gasteiger partial charge in [0.05, 0.1) is 11.6 Å². The zero-order valence-electron chi connectivity index (χ0n) is 14.1. The molecule has 0 bridgehead atoms. The van der Waals surface area contributed by atoms with Crippen molar-refractivity contribution >= 4 is 39.1 Å². The molecule has 0 spiro atoms. The Labute approximate surface area is 159 Å². The highest BCUT2D eigenvalue weighted by molar-refractivity contribution is 9.10. The standard InChI is InChI=1S/C19H17BrN2O4/c1-11-2-4-15(14(20)6-11)21-19(24)12-7-18(23)22(9-12)13-3-5-16-17(8-13)26-10-25-16/h2-6,8,12H,7,9-10H2,1H3,(H,21,24). The number of hydrogen-bond acceptors (Lipinski definition) is 4. The molecule has 0 saturated carbocycles. The van der Waals surface area contributed by atoms with Crippen LogP contribution >= 0.6 is 15.9 Å². The molecule has 1 N–H and O–H groups in total. The van der Waals surface area contributed by atoms with Gasteiger partial charge in [-0.1, -0.05) is 6.07 Å². The van der Waals surface area contributed by atoms with Gasteiger partial charge in [0, 0.05) is 29.2 Å². The Hall–Kier alpha value is -2.54. The lowest BCUT2D eigenvalue weighted by Crippen LogP contribution is -2.28. The average molecular weight is 417 g/mol. The number of carbonyl (C=O) groups is 2. The number of fused-ring (bicyclic) bond motifs is 1. The minimum absolute atomic E-state index is 0.0769. The van der Waals surface area contributed by atoms with Crippen molar-refractivity contribution in [3.63, 3.8) is 0 Å². The molecule has 2 aliphatic rings. The summed E-state index contributed by atoms with van der Waals surface area (Å²) in [5.74, 6) is 0.643. The molecule has 0 aliphatic carbocycles. The summed E-state index contributed by atoms with van der Waals surface area (Å²) in [6.07, 6.45) is 0.184. The third-order valence-electron chi connectivity index (χ3n) is 4.55. The van der Waals surface area contributed by atoms with Crippen LogP contribution in [0.5, 0.6) is 11.5 Å². The highest BCUT2D eigenvalue weighted by atomic mass is 79.9. The molecule has 134 valence electrons. The molecular formula is C19H17BrN2O4. The molecule has 0 aromatic heterocycles. The van der Waals surface area contributed by atoms with E-state index in [2.05, 4.69) is 21.2 Å². The number of aryl methyl sites for hydroxylation is 1. The van der Waals surface area contributed by atoms with Gasteiger partial charge in [-0.05, 0) is 52.7 Å². The summed E-state index contributed by atoms with van der Waals surface area (Å²) in [6.45, 7) is 2.51. The second kappa shape index (κ2) is 6.64. The van der Waals surface area contributed by atoms with E-state index in [1.54, 1.807) is 17.0 Å². The number of ether oxygens (including phenoxy) is 2. The van der Waals surface area contributed by atoms with E-state index in [4.69, 9.17) is 9.47 Å². The van der Waals surface area contributed by atoms with E-state index in [9.17, 15) is 9.59 Å². The lowest BCUT2D eigenvalue weighted by Gasteiger charge is -2.17. The van der Waals surface area contributed by atoms with Crippen molar-refractivity contribution in [2.75, 3.05) is 23.6 Å². The minimum atomic E-state index is -0.402. The van der Waals surface area contributed by atoms with Gasteiger partial charge in [0.25, 0.3) is 0 Å². The summed E-state index contributed by atoms with van der Waals surface area (Å²) >= 11 is 3.46. The molecule has 2 aromatic rings. The Morgan fingerprint density at radius 3 is 2.81 bits per heavy atom. The Balaban J connectivity index is 1.48. The molecule has 1 fully saturated rings. The molecule has 4 rings (SSSR count). The van der Waals surface area contributed by atoms with Crippen LogP contribution in [0.25, 0.3) is 0 Å². The number of hydrogen-bond donors (Lipinski definition) is 1. The van der Waals surface area contributed by atoms with Gasteiger partial charge in [-0.25, -0.2) is 0 Å². The van der Waals surface area contributed by atoms with Crippen LogP contribution in [0.3, 0.4) is 0 Å². The van der Waals surface area contributed by atoms with Crippen molar-refractivity contribution in [2.24, 2.45) is 5.92 Å². The number of amides is 2. The van der Waals surface area contributed by atoms with Crippen LogP contribution in [0.2, 0.25) is 0 Å². The highest BCUT2D eigenvalue weighted by Gasteiger charge is 2.35. The summed E-state index contributed by atoms with van der Waals surface area (Å²) < 4.78 is 11.5. The maximum atomic E-state index is 12.6. The average Bonchev–Trinajstić information content (AvgIpc) is 3.23. The number of anilines is 2. The third kappa shape index (κ3) is 3.14. The summed E-state index contributed by atoms with van der Waals surface area (Å²) in [6, 6.07) is 11.1. The van der Waals surface area contributed by atoms with Crippen molar-refractivity contribution in [1.82, 2.24) is 0 Å². The highest BCUT2D eigenvalue weighted by Crippen LogP contribution is 2.37. The first-order chi connectivity index (χ1) is 12.5. The Morgan fingerprint density at radius 2 is 2.00 bits per heavy atom. The molecule has 2 heterocycles. The van der Waals surface area contributed by atoms with Crippen molar-refractivity contribution in [2.45, 2.75) is 13.3 Å². The van der Waals surface area contributed by atoms with E-state index >= 15 is 0 Å². The van der Waals surface area contributed by atoms with E-state index < -0.39 is 5.92 Å². The van der Waals surface area contributed by atoms with Crippen LogP contribution in [-0.4, -0.2) is 25.2 Å². The van der Waals surface area contributed by atoms with Crippen LogP contribution in [0.15, 0.2) is 40.9 Å². The summed E-state index contributed by atoms with van der Waals surface area (Å²) in [7, 11) is 0. The molecular weight excluding hydrogens is 400 g/mol. The maximum Gasteiger partial charge on any atom is 0.231 e. The van der Waals surface area contributed by atoms with Crippen LogP contribution in [-0.2, 0) is 9.59 Å². The lowest BCUT2D eigenvalue weighted by molar-refractivity contribution is -0.122. The van der Waals surface area contributed by atoms with Crippen LogP contribution < -0.4 is 19.7 Å². The number of nitrogens with one attached hydrogen (secondary N) is 1. The first kappa shape index (κ1) is 16.9. The van der Waals surface area contributed by atoms with Crippen molar-refractivity contribution in [3.8, 4) is 11.5 Å². The summed E-state index contributed by atoms with van der Waals surface area (Å²) in [5, 5.41) is 2.90. The van der Waals surface area contributed by atoms with E-state index in [0.29, 0.717) is 29.4 Å². The first-order valence-corrected chi connectivity index (χ1v) is 9.07. The fraction of sp³-hybridized carbons (Fsp3) is 0.263. The molecule has 7 heteroatoms. The topological polar surface area (TPSA) is 67.9 Å². The fourth-order valence-electron chi connectivity index (χ4n) is 3.14. The first-order valence-electron chi connectivity index (χ1n) is 8.28. The van der Waals surface area contributed by atoms with Gasteiger partial charge in [-0.3, -0.25) is 9.59 Å². The SMILES string of the molecule is Cc1ccc(NC(=O)C2CC(=O)N(c3ccc4c(c3)OCO4)C2)c(Br)c1. The molecule has 2 amide bonds. The Kier molecular flexibility index (Phi) is 4.32. The van der Waals surface area contributed by atoms with E-state index in [-0.39, 0.29) is 25.0 Å². The quantitative estimate of drug-likeness (QED) is 0.831. The van der Waals surface area contributed by atoms with Gasteiger partial charge in [0.1, 0.15) is 0 Å². The number of carbonyl (C=O) groups excluding carboxylic acids is 2. The largest absolute Gasteiger partial charge is 0.454 e. The van der Waals surface area contributed by atoms with E-state index in [0.717, 1.165) is 10.0 Å². The molecule has 6 nitrogen and oxygen atoms in total. The van der Waals surface area contributed by atoms with Gasteiger partial charge in [0.15, 0.2) is 11.5 Å². The molecule has 1 unspecified atom stereocenters. The molecule has 2 aliphatic heterocycles. The minimum Gasteiger partial charge on any atom is -0.454 e. The molecule has 2 aromatic carbocycles. The molecule has 0 radical (unpaired) electrons. The number of rotatable bonds is 3. The van der Waals surface area contributed by atoms with Crippen molar-refractivity contribution in [3.05, 3.63) is 46.4 Å². The van der Waals surface area contributed by atoms with Gasteiger partial charge in [0.2, 0.25) is 18.6 Å². The predicted octanol–water partition coefficient (Wildman–Crippen LogP) is 3.48. The Morgan fingerprint density at radius 1 is 1.19 bits per heavy atom. The van der Waals surface area contributed by atoms with Crippen LogP contribution in [0.4, 0.5) is 11.4 Å². The van der Waals surface area contributed by atoms with E-state index in [1.165, 1.54) is 0 Å². The third-order valence-corrected chi connectivity index (χ3v) is 5.20. The van der Waals surface area contributed by atoms with Gasteiger partial charge < -0.3 is 19.7 Å². The van der Waals surface area contributed by atoms with Gasteiger partial charge in [-0.2, -0.15) is 0 Å². The zero-order chi connectivity index (χ0) is 18.3. The maximum absolute atomic E-state index is 12.6. The molecule has 1 atom stereocenters. The van der Waals surface area contributed by atoms with Gasteiger partial charge in [-0.15, -0.1) is 0 Å². The fourth-order valence-corrected chi connectivity index (χ4v) is 3.73. The van der Waals surface area contributed by atoms with Crippen LogP contribution in [0, 0.1) is 12.8 Å². The van der Waals surface area contributed by atoms with Crippen LogP contribution in [0.1, 0.15) is 12.0 Å². The van der Waals surface area contributed by atoms with E-state index in [1.807, 2.05) is 31.2 Å². The second-order valence-electron chi connectivity index (χ2n) is 6.42. The number of benzene rings is 2. The second-order valence-corrected chi connectivity index (χ2v) is 7.27. The monoisotopic (exact) mass is 416 g/mol. The predicted molar refractivity (Wildman–Crippen MR) is 101 cm³/mol. The smallest absolute Gasteiger partial charge is 0.231 e. The number of nitrogens with zero attached hydrogens (tertiary/aromatic N) is 1. The Bertz CT molecular complexity index is 899. The van der Waals surface area contributed by atoms with Crippen molar-refractivity contribution in [1.29, 1.82) is 0 Å². The zero-order valence-corrected chi connectivity index (χ0v) is 15.7. The molecule has 26 heavy (non-hydrogen) atoms. The number of halogens is 1. The lowest BCUT2D eigenvalue weighted by atomic mass is 10.1.